The Morgan fingerprint density at radius 3 is 2.94 bits per heavy atom. The van der Waals surface area contributed by atoms with Gasteiger partial charge in [0, 0.05) is 13.2 Å². The minimum atomic E-state index is -0.189. The summed E-state index contributed by atoms with van der Waals surface area (Å²) in [7, 11) is 0. The van der Waals surface area contributed by atoms with Crippen LogP contribution in [0.5, 0.6) is 0 Å². The first kappa shape index (κ1) is 13.5. The second-order valence-corrected chi connectivity index (χ2v) is 4.87. The second kappa shape index (κ2) is 6.21. The molecule has 0 aromatic carbocycles. The van der Waals surface area contributed by atoms with Gasteiger partial charge >= 0.3 is 0 Å². The highest BCUT2D eigenvalue weighted by Crippen LogP contribution is 2.31. The molecule has 4 nitrogen and oxygen atoms in total. The van der Waals surface area contributed by atoms with E-state index in [1.807, 2.05) is 6.92 Å². The number of carbonyl (C=O) groups excluding carboxylic acids is 1. The molecule has 1 saturated carbocycles. The predicted molar refractivity (Wildman–Crippen MR) is 64.1 cm³/mol. The van der Waals surface area contributed by atoms with Gasteiger partial charge in [-0.1, -0.05) is 19.8 Å². The number of hydrogen-bond donors (Lipinski definition) is 2. The second-order valence-electron chi connectivity index (χ2n) is 4.87. The molecule has 1 rings (SSSR count). The van der Waals surface area contributed by atoms with E-state index in [9.17, 15) is 4.79 Å². The monoisotopic (exact) mass is 228 g/mol. The quantitative estimate of drug-likeness (QED) is 0.739. The molecule has 0 radical (unpaired) electrons. The topological polar surface area (TPSA) is 64.3 Å². The number of nitrogens with one attached hydrogen (secondary N) is 1. The minimum Gasteiger partial charge on any atom is -0.372 e. The van der Waals surface area contributed by atoms with Crippen LogP contribution in [-0.2, 0) is 9.53 Å². The van der Waals surface area contributed by atoms with Crippen LogP contribution in [0.25, 0.3) is 0 Å². The van der Waals surface area contributed by atoms with Gasteiger partial charge in [-0.05, 0) is 25.7 Å². The van der Waals surface area contributed by atoms with Crippen LogP contribution >= 0.6 is 0 Å². The van der Waals surface area contributed by atoms with Crippen molar-refractivity contribution in [1.82, 2.24) is 5.32 Å². The molecule has 0 spiro atoms. The lowest BCUT2D eigenvalue weighted by Gasteiger charge is -2.40. The summed E-state index contributed by atoms with van der Waals surface area (Å²) in [6.45, 7) is 5.34. The summed E-state index contributed by atoms with van der Waals surface area (Å²) in [4.78, 5) is 11.6. The molecule has 94 valence electrons. The van der Waals surface area contributed by atoms with E-state index in [4.69, 9.17) is 10.5 Å². The first-order valence-corrected chi connectivity index (χ1v) is 6.20. The molecule has 0 aliphatic heterocycles. The van der Waals surface area contributed by atoms with Crippen LogP contribution in [0.15, 0.2) is 0 Å². The number of carbonyl (C=O) groups is 1. The third-order valence-electron chi connectivity index (χ3n) is 3.32. The molecule has 16 heavy (non-hydrogen) atoms. The van der Waals surface area contributed by atoms with Crippen molar-refractivity contribution in [3.8, 4) is 0 Å². The van der Waals surface area contributed by atoms with Crippen LogP contribution in [-0.4, -0.2) is 31.2 Å². The summed E-state index contributed by atoms with van der Waals surface area (Å²) in [5, 5.41) is 3.06. The molecule has 0 bridgehead atoms. The lowest BCUT2D eigenvalue weighted by Crippen LogP contribution is -2.56. The fraction of sp³-hybridized carbons (Fsp3) is 0.917. The maximum atomic E-state index is 11.6. The van der Waals surface area contributed by atoms with Gasteiger partial charge in [-0.2, -0.15) is 0 Å². The summed E-state index contributed by atoms with van der Waals surface area (Å²) >= 11 is 0. The molecule has 3 N–H and O–H groups in total. The van der Waals surface area contributed by atoms with E-state index < -0.39 is 0 Å². The van der Waals surface area contributed by atoms with Gasteiger partial charge in [0.1, 0.15) is 6.61 Å². The Bertz CT molecular complexity index is 233. The van der Waals surface area contributed by atoms with Gasteiger partial charge in [-0.3, -0.25) is 4.79 Å². The Morgan fingerprint density at radius 1 is 1.62 bits per heavy atom. The Labute approximate surface area is 97.9 Å². The first-order chi connectivity index (χ1) is 7.62. The van der Waals surface area contributed by atoms with Crippen molar-refractivity contribution in [2.24, 2.45) is 11.7 Å². The third-order valence-corrected chi connectivity index (χ3v) is 3.32. The van der Waals surface area contributed by atoms with E-state index in [-0.39, 0.29) is 18.1 Å². The maximum absolute atomic E-state index is 11.6. The summed E-state index contributed by atoms with van der Waals surface area (Å²) in [6, 6.07) is 0. The number of nitrogens with two attached hydrogens (primary N) is 1. The van der Waals surface area contributed by atoms with E-state index in [1.54, 1.807) is 0 Å². The fourth-order valence-corrected chi connectivity index (χ4v) is 2.54. The van der Waals surface area contributed by atoms with Gasteiger partial charge < -0.3 is 15.8 Å². The highest BCUT2D eigenvalue weighted by molar-refractivity contribution is 5.78. The van der Waals surface area contributed by atoms with Crippen LogP contribution in [0.2, 0.25) is 0 Å². The lowest BCUT2D eigenvalue weighted by atomic mass is 9.76. The molecular formula is C12H24N2O2. The van der Waals surface area contributed by atoms with Crippen molar-refractivity contribution in [2.45, 2.75) is 45.1 Å². The van der Waals surface area contributed by atoms with E-state index >= 15 is 0 Å². The number of hydrogen-bond acceptors (Lipinski definition) is 3. The van der Waals surface area contributed by atoms with E-state index in [0.717, 1.165) is 19.3 Å². The van der Waals surface area contributed by atoms with Crippen LogP contribution in [0, 0.1) is 5.92 Å². The standard InChI is InChI=1S/C12H24N2O2/c1-3-16-8-11(15)14-12(9-13)6-4-5-10(2)7-12/h10H,3-9,13H2,1-2H3,(H,14,15). The fourth-order valence-electron chi connectivity index (χ4n) is 2.54. The van der Waals surface area contributed by atoms with Crippen LogP contribution in [0.3, 0.4) is 0 Å². The molecule has 4 heteroatoms. The van der Waals surface area contributed by atoms with Crippen LogP contribution in [0.1, 0.15) is 39.5 Å². The van der Waals surface area contributed by atoms with Gasteiger partial charge in [0.25, 0.3) is 0 Å². The normalized spacial score (nSPS) is 30.1. The molecule has 1 fully saturated rings. The van der Waals surface area contributed by atoms with Crippen molar-refractivity contribution in [1.29, 1.82) is 0 Å². The number of amides is 1. The molecule has 2 atom stereocenters. The zero-order chi connectivity index (χ0) is 12.0. The van der Waals surface area contributed by atoms with E-state index in [1.165, 1.54) is 6.42 Å². The van der Waals surface area contributed by atoms with Gasteiger partial charge in [0.05, 0.1) is 5.54 Å². The lowest BCUT2D eigenvalue weighted by molar-refractivity contribution is -0.128. The summed E-state index contributed by atoms with van der Waals surface area (Å²) in [6.07, 6.45) is 4.36. The van der Waals surface area contributed by atoms with Crippen molar-refractivity contribution in [3.05, 3.63) is 0 Å². The number of rotatable bonds is 5. The molecule has 0 aromatic heterocycles. The first-order valence-electron chi connectivity index (χ1n) is 6.20. The van der Waals surface area contributed by atoms with Crippen LogP contribution < -0.4 is 11.1 Å². The SMILES string of the molecule is CCOCC(=O)NC1(CN)CCCC(C)C1. The van der Waals surface area contributed by atoms with Gasteiger partial charge in [0.2, 0.25) is 5.91 Å². The Kier molecular flexibility index (Phi) is 5.22. The molecule has 1 aliphatic carbocycles. The average molecular weight is 228 g/mol. The van der Waals surface area contributed by atoms with Crippen molar-refractivity contribution >= 4 is 5.91 Å². The van der Waals surface area contributed by atoms with E-state index in [2.05, 4.69) is 12.2 Å². The molecule has 1 amide bonds. The molecule has 2 unspecified atom stereocenters. The van der Waals surface area contributed by atoms with E-state index in [0.29, 0.717) is 19.1 Å². The Morgan fingerprint density at radius 2 is 2.38 bits per heavy atom. The molecular weight excluding hydrogens is 204 g/mol. The van der Waals surface area contributed by atoms with Crippen molar-refractivity contribution in [3.63, 3.8) is 0 Å². The molecule has 0 saturated heterocycles. The summed E-state index contributed by atoms with van der Waals surface area (Å²) in [5.41, 5.74) is 5.63. The zero-order valence-corrected chi connectivity index (χ0v) is 10.4. The summed E-state index contributed by atoms with van der Waals surface area (Å²) < 4.78 is 5.10. The predicted octanol–water partition coefficient (Wildman–Crippen LogP) is 1.05. The van der Waals surface area contributed by atoms with Crippen molar-refractivity contribution in [2.75, 3.05) is 19.8 Å². The average Bonchev–Trinajstić information content (AvgIpc) is 2.26. The highest BCUT2D eigenvalue weighted by atomic mass is 16.5. The maximum Gasteiger partial charge on any atom is 0.246 e. The number of ether oxygens (including phenoxy) is 1. The zero-order valence-electron chi connectivity index (χ0n) is 10.4. The van der Waals surface area contributed by atoms with Gasteiger partial charge in [0.15, 0.2) is 0 Å². The highest BCUT2D eigenvalue weighted by Gasteiger charge is 2.34. The van der Waals surface area contributed by atoms with Crippen molar-refractivity contribution < 1.29 is 9.53 Å². The van der Waals surface area contributed by atoms with Gasteiger partial charge in [-0.15, -0.1) is 0 Å². The van der Waals surface area contributed by atoms with Crippen LogP contribution in [0.4, 0.5) is 0 Å². The van der Waals surface area contributed by atoms with Gasteiger partial charge in [-0.25, -0.2) is 0 Å². The molecule has 0 aromatic rings. The smallest absolute Gasteiger partial charge is 0.246 e. The Balaban J connectivity index is 2.49. The minimum absolute atomic E-state index is 0.0404. The Hall–Kier alpha value is -0.610. The molecule has 1 aliphatic rings. The third kappa shape index (κ3) is 3.76. The molecule has 0 heterocycles. The summed E-state index contributed by atoms with van der Waals surface area (Å²) in [5.74, 6) is 0.603. The largest absolute Gasteiger partial charge is 0.372 e.